The molecule has 0 atom stereocenters. The molecular weight excluding hydrogens is 457 g/mol. The SMILES string of the molecule is CCNC(=NCc1ccc(OC)cc1OC)NCc1c(C)nn(C)c1C.I. The third-order valence-electron chi connectivity index (χ3n) is 4.34. The second-order valence-electron chi connectivity index (χ2n) is 6.00. The van der Waals surface area contributed by atoms with Crippen molar-refractivity contribution in [3.8, 4) is 11.5 Å². The zero-order valence-electron chi connectivity index (χ0n) is 16.9. The molecule has 0 amide bonds. The maximum absolute atomic E-state index is 5.44. The summed E-state index contributed by atoms with van der Waals surface area (Å²) in [4.78, 5) is 4.68. The summed E-state index contributed by atoms with van der Waals surface area (Å²) in [5, 5.41) is 11.1. The summed E-state index contributed by atoms with van der Waals surface area (Å²) in [7, 11) is 5.25. The van der Waals surface area contributed by atoms with Gasteiger partial charge < -0.3 is 20.1 Å². The molecule has 1 aromatic heterocycles. The van der Waals surface area contributed by atoms with Crippen molar-refractivity contribution >= 4 is 29.9 Å². The van der Waals surface area contributed by atoms with E-state index in [1.807, 2.05) is 43.8 Å². The lowest BCUT2D eigenvalue weighted by atomic mass is 10.2. The predicted octanol–water partition coefficient (Wildman–Crippen LogP) is 2.93. The molecule has 0 unspecified atom stereocenters. The predicted molar refractivity (Wildman–Crippen MR) is 119 cm³/mol. The largest absolute Gasteiger partial charge is 0.497 e. The summed E-state index contributed by atoms with van der Waals surface area (Å²) in [6, 6.07) is 5.75. The average molecular weight is 487 g/mol. The van der Waals surface area contributed by atoms with Crippen molar-refractivity contribution in [3.63, 3.8) is 0 Å². The summed E-state index contributed by atoms with van der Waals surface area (Å²) in [5.74, 6) is 2.29. The second-order valence-corrected chi connectivity index (χ2v) is 6.00. The zero-order valence-corrected chi connectivity index (χ0v) is 19.3. The van der Waals surface area contributed by atoms with E-state index >= 15 is 0 Å². The Morgan fingerprint density at radius 1 is 1.19 bits per heavy atom. The van der Waals surface area contributed by atoms with Crippen LogP contribution in [0.2, 0.25) is 0 Å². The highest BCUT2D eigenvalue weighted by Crippen LogP contribution is 2.25. The summed E-state index contributed by atoms with van der Waals surface area (Å²) >= 11 is 0. The first-order valence-electron chi connectivity index (χ1n) is 8.72. The van der Waals surface area contributed by atoms with Crippen molar-refractivity contribution < 1.29 is 9.47 Å². The molecule has 2 rings (SSSR count). The molecular formula is C19H30IN5O2. The Bertz CT molecular complexity index is 774. The van der Waals surface area contributed by atoms with E-state index < -0.39 is 0 Å². The molecule has 0 aliphatic carbocycles. The molecule has 150 valence electrons. The van der Waals surface area contributed by atoms with E-state index in [1.165, 1.54) is 5.56 Å². The monoisotopic (exact) mass is 487 g/mol. The fourth-order valence-electron chi connectivity index (χ4n) is 2.73. The van der Waals surface area contributed by atoms with Crippen molar-refractivity contribution in [1.82, 2.24) is 20.4 Å². The number of nitrogens with zero attached hydrogens (tertiary/aromatic N) is 3. The van der Waals surface area contributed by atoms with Gasteiger partial charge in [-0.3, -0.25) is 4.68 Å². The molecule has 0 radical (unpaired) electrons. The summed E-state index contributed by atoms with van der Waals surface area (Å²) in [6.45, 7) is 8.12. The maximum Gasteiger partial charge on any atom is 0.191 e. The number of guanidine groups is 1. The fourth-order valence-corrected chi connectivity index (χ4v) is 2.73. The molecule has 8 heteroatoms. The third kappa shape index (κ3) is 6.02. The Morgan fingerprint density at radius 3 is 2.48 bits per heavy atom. The molecule has 1 heterocycles. The van der Waals surface area contributed by atoms with Gasteiger partial charge in [0.1, 0.15) is 11.5 Å². The topological polar surface area (TPSA) is 72.7 Å². The van der Waals surface area contributed by atoms with Gasteiger partial charge in [-0.05, 0) is 32.9 Å². The van der Waals surface area contributed by atoms with E-state index in [0.29, 0.717) is 13.1 Å². The molecule has 7 nitrogen and oxygen atoms in total. The van der Waals surface area contributed by atoms with Gasteiger partial charge in [-0.25, -0.2) is 4.99 Å². The summed E-state index contributed by atoms with van der Waals surface area (Å²) in [6.07, 6.45) is 0. The first kappa shape index (κ1) is 23.1. The standard InChI is InChI=1S/C19H29N5O2.HI/c1-7-20-19(22-12-17-13(2)23-24(4)14(17)3)21-11-15-8-9-16(25-5)10-18(15)26-6;/h8-10H,7,11-12H2,1-6H3,(H2,20,21,22);1H. The molecule has 0 spiro atoms. The van der Waals surface area contributed by atoms with Gasteiger partial charge in [0.05, 0.1) is 26.5 Å². The van der Waals surface area contributed by atoms with Crippen LogP contribution in [0.3, 0.4) is 0 Å². The van der Waals surface area contributed by atoms with E-state index in [2.05, 4.69) is 27.6 Å². The highest BCUT2D eigenvalue weighted by Gasteiger charge is 2.10. The van der Waals surface area contributed by atoms with Crippen molar-refractivity contribution in [2.45, 2.75) is 33.9 Å². The molecule has 2 aromatic rings. The van der Waals surface area contributed by atoms with Crippen molar-refractivity contribution in [1.29, 1.82) is 0 Å². The lowest BCUT2D eigenvalue weighted by Gasteiger charge is -2.13. The number of nitrogens with one attached hydrogen (secondary N) is 2. The smallest absolute Gasteiger partial charge is 0.191 e. The van der Waals surface area contributed by atoms with E-state index in [-0.39, 0.29) is 24.0 Å². The first-order chi connectivity index (χ1) is 12.5. The highest BCUT2D eigenvalue weighted by molar-refractivity contribution is 14.0. The minimum absolute atomic E-state index is 0. The van der Waals surface area contributed by atoms with E-state index in [1.54, 1.807) is 14.2 Å². The Kier molecular flexibility index (Phi) is 9.40. The van der Waals surface area contributed by atoms with Crippen LogP contribution in [-0.2, 0) is 20.1 Å². The number of methoxy groups -OCH3 is 2. The number of rotatable bonds is 7. The number of aromatic nitrogens is 2. The number of aryl methyl sites for hydroxylation is 2. The van der Waals surface area contributed by atoms with Gasteiger partial charge >= 0.3 is 0 Å². The van der Waals surface area contributed by atoms with Crippen LogP contribution in [0.1, 0.15) is 29.4 Å². The van der Waals surface area contributed by atoms with Crippen LogP contribution < -0.4 is 20.1 Å². The quantitative estimate of drug-likeness (QED) is 0.357. The van der Waals surface area contributed by atoms with Crippen LogP contribution in [0, 0.1) is 13.8 Å². The lowest BCUT2D eigenvalue weighted by Crippen LogP contribution is -2.37. The first-order valence-corrected chi connectivity index (χ1v) is 8.72. The lowest BCUT2D eigenvalue weighted by molar-refractivity contribution is 0.391. The Balaban J connectivity index is 0.00000364. The number of halogens is 1. The third-order valence-corrected chi connectivity index (χ3v) is 4.34. The molecule has 0 aliphatic rings. The Hall–Kier alpha value is -1.97. The van der Waals surface area contributed by atoms with E-state index in [4.69, 9.17) is 9.47 Å². The molecule has 2 N–H and O–H groups in total. The van der Waals surface area contributed by atoms with E-state index in [9.17, 15) is 0 Å². The minimum atomic E-state index is 0. The molecule has 0 bridgehead atoms. The van der Waals surface area contributed by atoms with Crippen LogP contribution in [0.25, 0.3) is 0 Å². The van der Waals surface area contributed by atoms with Gasteiger partial charge in [-0.15, -0.1) is 24.0 Å². The number of aliphatic imine (C=N–C) groups is 1. The zero-order chi connectivity index (χ0) is 19.1. The van der Waals surface area contributed by atoms with E-state index in [0.717, 1.165) is 41.0 Å². The van der Waals surface area contributed by atoms with Crippen LogP contribution in [-0.4, -0.2) is 36.5 Å². The minimum Gasteiger partial charge on any atom is -0.497 e. The highest BCUT2D eigenvalue weighted by atomic mass is 127. The van der Waals surface area contributed by atoms with Gasteiger partial charge in [0.15, 0.2) is 5.96 Å². The summed E-state index contributed by atoms with van der Waals surface area (Å²) < 4.78 is 12.6. The van der Waals surface area contributed by atoms with Gasteiger partial charge in [0.25, 0.3) is 0 Å². The van der Waals surface area contributed by atoms with Crippen LogP contribution in [0.4, 0.5) is 0 Å². The summed E-state index contributed by atoms with van der Waals surface area (Å²) in [5.41, 5.74) is 4.38. The second kappa shape index (κ2) is 11.0. The molecule has 1 aromatic carbocycles. The molecule has 0 fully saturated rings. The Labute approximate surface area is 178 Å². The molecule has 0 aliphatic heterocycles. The normalized spacial score (nSPS) is 11.0. The molecule has 0 saturated carbocycles. The van der Waals surface area contributed by atoms with Gasteiger partial charge in [-0.1, -0.05) is 0 Å². The van der Waals surface area contributed by atoms with Crippen LogP contribution in [0.15, 0.2) is 23.2 Å². The maximum atomic E-state index is 5.44. The Morgan fingerprint density at radius 2 is 1.93 bits per heavy atom. The molecule has 27 heavy (non-hydrogen) atoms. The number of hydrogen-bond acceptors (Lipinski definition) is 4. The van der Waals surface area contributed by atoms with Crippen molar-refractivity contribution in [3.05, 3.63) is 40.7 Å². The van der Waals surface area contributed by atoms with Crippen molar-refractivity contribution in [2.24, 2.45) is 12.0 Å². The number of hydrogen-bond donors (Lipinski definition) is 2. The molecule has 0 saturated heterocycles. The van der Waals surface area contributed by atoms with Gasteiger partial charge in [-0.2, -0.15) is 5.10 Å². The van der Waals surface area contributed by atoms with Gasteiger partial charge in [0, 0.05) is 43.0 Å². The van der Waals surface area contributed by atoms with Crippen molar-refractivity contribution in [2.75, 3.05) is 20.8 Å². The number of ether oxygens (including phenoxy) is 2. The number of benzene rings is 1. The van der Waals surface area contributed by atoms with Crippen LogP contribution >= 0.6 is 24.0 Å². The fraction of sp³-hybridized carbons (Fsp3) is 0.474. The average Bonchev–Trinajstić information content (AvgIpc) is 2.89. The van der Waals surface area contributed by atoms with Crippen LogP contribution in [0.5, 0.6) is 11.5 Å². The van der Waals surface area contributed by atoms with Gasteiger partial charge in [0.2, 0.25) is 0 Å².